The van der Waals surface area contributed by atoms with Crippen molar-refractivity contribution in [1.29, 1.82) is 0 Å². The van der Waals surface area contributed by atoms with Crippen molar-refractivity contribution in [3.63, 3.8) is 0 Å². The molecule has 6 rings (SSSR count). The first-order valence-electron chi connectivity index (χ1n) is 10.5. The Kier molecular flexibility index (Phi) is 2.55. The normalized spacial score (nSPS) is 63.8. The van der Waals surface area contributed by atoms with E-state index in [1.165, 1.54) is 32.1 Å². The molecule has 0 unspecified atom stereocenters. The lowest BCUT2D eigenvalue weighted by Crippen LogP contribution is -2.58. The van der Waals surface area contributed by atoms with Gasteiger partial charge in [-0.25, -0.2) is 4.79 Å². The summed E-state index contributed by atoms with van der Waals surface area (Å²) in [6.45, 7) is 4.89. The lowest BCUT2D eigenvalue weighted by atomic mass is 9.45. The highest BCUT2D eigenvalue weighted by atomic mass is 16.6. The van der Waals surface area contributed by atoms with Gasteiger partial charge in [-0.1, -0.05) is 13.8 Å². The number of hydrogen-bond donors (Lipinski definition) is 1. The molecule has 25 heavy (non-hydrogen) atoms. The van der Waals surface area contributed by atoms with Crippen LogP contribution in [0.3, 0.4) is 0 Å². The summed E-state index contributed by atoms with van der Waals surface area (Å²) in [6, 6.07) is 0. The minimum Gasteiger partial charge on any atom is -0.451 e. The Balaban J connectivity index is 1.40. The molecule has 3 heteroatoms. The van der Waals surface area contributed by atoms with Crippen LogP contribution in [0.1, 0.15) is 65.2 Å². The second-order valence-corrected chi connectivity index (χ2v) is 10.7. The van der Waals surface area contributed by atoms with E-state index in [4.69, 9.17) is 4.74 Å². The molecular formula is C22H30O3. The predicted molar refractivity (Wildman–Crippen MR) is 93.5 cm³/mol. The van der Waals surface area contributed by atoms with Crippen LogP contribution in [0.15, 0.2) is 12.2 Å². The molecular weight excluding hydrogens is 312 g/mol. The first kappa shape index (κ1) is 15.2. The van der Waals surface area contributed by atoms with Crippen LogP contribution in [0, 0.1) is 39.9 Å². The number of ether oxygens (including phenoxy) is 1. The number of aliphatic hydroxyl groups excluding tert-OH is 1. The van der Waals surface area contributed by atoms with Gasteiger partial charge in [0.2, 0.25) is 0 Å². The second-order valence-electron chi connectivity index (χ2n) is 10.7. The molecule has 1 heterocycles. The summed E-state index contributed by atoms with van der Waals surface area (Å²) in [5.41, 5.74) is 0.300. The van der Waals surface area contributed by atoms with Crippen molar-refractivity contribution in [2.24, 2.45) is 39.9 Å². The number of carbonyl (C=O) groups is 1. The lowest BCUT2D eigenvalue weighted by molar-refractivity contribution is -0.179. The maximum absolute atomic E-state index is 11.9. The molecule has 0 aromatic carbocycles. The van der Waals surface area contributed by atoms with E-state index in [1.54, 1.807) is 6.08 Å². The second kappa shape index (κ2) is 4.18. The number of esters is 1. The molecule has 2 spiro atoms. The van der Waals surface area contributed by atoms with Crippen molar-refractivity contribution in [2.75, 3.05) is 0 Å². The van der Waals surface area contributed by atoms with E-state index in [-0.39, 0.29) is 28.5 Å². The van der Waals surface area contributed by atoms with E-state index < -0.39 is 0 Å². The average molecular weight is 342 g/mol. The Morgan fingerprint density at radius 3 is 2.52 bits per heavy atom. The minimum absolute atomic E-state index is 0.0545. The fraction of sp³-hybridized carbons (Fsp3) is 0.864. The van der Waals surface area contributed by atoms with E-state index in [0.717, 1.165) is 31.1 Å². The molecule has 0 aromatic heterocycles. The standard InChI is InChI=1S/C22H30O3/c1-19-8-4-16-14(15(19)5-9-21(19)10-6-18(24)25-21)11-17(23)22-12-13(22)3-7-20(16,22)2/h6,10,13-17,23H,3-5,7-9,11-12H2,1-2H3/t13-,14+,15-,16-,17-,19+,20-,21-,22+/m1/s1. The zero-order valence-corrected chi connectivity index (χ0v) is 15.5. The molecule has 136 valence electrons. The van der Waals surface area contributed by atoms with Gasteiger partial charge in [-0.2, -0.15) is 0 Å². The summed E-state index contributed by atoms with van der Waals surface area (Å²) in [4.78, 5) is 11.9. The number of carbonyl (C=O) groups excluding carboxylic acids is 1. The minimum atomic E-state index is -0.363. The van der Waals surface area contributed by atoms with Gasteiger partial charge in [0, 0.05) is 16.9 Å². The Hall–Kier alpha value is -0.830. The summed E-state index contributed by atoms with van der Waals surface area (Å²) >= 11 is 0. The molecule has 1 aliphatic heterocycles. The summed E-state index contributed by atoms with van der Waals surface area (Å²) in [6.07, 6.45) is 13.1. The van der Waals surface area contributed by atoms with Gasteiger partial charge in [-0.15, -0.1) is 0 Å². The number of aliphatic hydroxyl groups is 1. The first-order chi connectivity index (χ1) is 11.9. The molecule has 5 aliphatic carbocycles. The zero-order chi connectivity index (χ0) is 17.2. The molecule has 5 saturated carbocycles. The van der Waals surface area contributed by atoms with Crippen molar-refractivity contribution in [3.8, 4) is 0 Å². The van der Waals surface area contributed by atoms with Crippen LogP contribution in [-0.2, 0) is 9.53 Å². The lowest BCUT2D eigenvalue weighted by Gasteiger charge is -2.60. The molecule has 0 amide bonds. The fourth-order valence-electron chi connectivity index (χ4n) is 9.23. The number of rotatable bonds is 0. The van der Waals surface area contributed by atoms with Crippen LogP contribution in [-0.4, -0.2) is 22.8 Å². The zero-order valence-electron chi connectivity index (χ0n) is 15.5. The summed E-state index contributed by atoms with van der Waals surface area (Å²) in [5.74, 6) is 2.60. The maximum atomic E-state index is 11.9. The molecule has 5 fully saturated rings. The van der Waals surface area contributed by atoms with Crippen LogP contribution in [0.2, 0.25) is 0 Å². The molecule has 0 radical (unpaired) electrons. The molecule has 0 bridgehead atoms. The van der Waals surface area contributed by atoms with Gasteiger partial charge < -0.3 is 9.84 Å². The smallest absolute Gasteiger partial charge is 0.331 e. The van der Waals surface area contributed by atoms with E-state index >= 15 is 0 Å². The van der Waals surface area contributed by atoms with Gasteiger partial charge in [-0.05, 0) is 86.5 Å². The van der Waals surface area contributed by atoms with Crippen molar-refractivity contribution in [3.05, 3.63) is 12.2 Å². The molecule has 0 saturated heterocycles. The van der Waals surface area contributed by atoms with Gasteiger partial charge in [0.1, 0.15) is 5.60 Å². The Labute approximate surface area is 150 Å². The van der Waals surface area contributed by atoms with Crippen LogP contribution in [0.25, 0.3) is 0 Å². The van der Waals surface area contributed by atoms with Gasteiger partial charge >= 0.3 is 5.97 Å². The van der Waals surface area contributed by atoms with Crippen LogP contribution in [0.4, 0.5) is 0 Å². The van der Waals surface area contributed by atoms with Crippen molar-refractivity contribution >= 4 is 5.97 Å². The largest absolute Gasteiger partial charge is 0.451 e. The van der Waals surface area contributed by atoms with Crippen molar-refractivity contribution < 1.29 is 14.6 Å². The predicted octanol–water partition coefficient (Wildman–Crippen LogP) is 3.85. The highest BCUT2D eigenvalue weighted by Gasteiger charge is 2.78. The Bertz CT molecular complexity index is 699. The number of fused-ring (bicyclic) bond motifs is 5. The third-order valence-electron chi connectivity index (χ3n) is 10.5. The van der Waals surface area contributed by atoms with E-state index in [2.05, 4.69) is 19.9 Å². The topological polar surface area (TPSA) is 46.5 Å². The highest BCUT2D eigenvalue weighted by molar-refractivity contribution is 5.85. The third kappa shape index (κ3) is 1.43. The van der Waals surface area contributed by atoms with E-state index in [9.17, 15) is 9.90 Å². The Morgan fingerprint density at radius 2 is 1.80 bits per heavy atom. The van der Waals surface area contributed by atoms with Crippen molar-refractivity contribution in [2.45, 2.75) is 76.9 Å². The Morgan fingerprint density at radius 1 is 1.08 bits per heavy atom. The third-order valence-corrected chi connectivity index (χ3v) is 10.5. The van der Waals surface area contributed by atoms with Gasteiger partial charge in [0.15, 0.2) is 0 Å². The van der Waals surface area contributed by atoms with Crippen LogP contribution in [0.5, 0.6) is 0 Å². The summed E-state index contributed by atoms with van der Waals surface area (Å²) in [5, 5.41) is 11.2. The van der Waals surface area contributed by atoms with Crippen molar-refractivity contribution in [1.82, 2.24) is 0 Å². The van der Waals surface area contributed by atoms with Crippen LogP contribution >= 0.6 is 0 Å². The molecule has 0 aromatic rings. The van der Waals surface area contributed by atoms with Crippen LogP contribution < -0.4 is 0 Å². The maximum Gasteiger partial charge on any atom is 0.331 e. The van der Waals surface area contributed by atoms with Gasteiger partial charge in [0.05, 0.1) is 6.10 Å². The average Bonchev–Trinajstić information content (AvgIpc) is 2.92. The fourth-order valence-corrected chi connectivity index (χ4v) is 9.23. The van der Waals surface area contributed by atoms with Gasteiger partial charge in [-0.3, -0.25) is 0 Å². The highest BCUT2D eigenvalue weighted by Crippen LogP contribution is 2.82. The quantitative estimate of drug-likeness (QED) is 0.680. The first-order valence-corrected chi connectivity index (χ1v) is 10.5. The SMILES string of the molecule is C[C@]12CC[C@@H]3[C@@H](C[C@@H](O)[C@]45C[C@H]4CC[C@]35C)[C@H]1CC[C@@]21C=CC(=O)O1. The molecule has 6 aliphatic rings. The summed E-state index contributed by atoms with van der Waals surface area (Å²) in [7, 11) is 0. The van der Waals surface area contributed by atoms with Gasteiger partial charge in [0.25, 0.3) is 0 Å². The molecule has 3 nitrogen and oxygen atoms in total. The monoisotopic (exact) mass is 342 g/mol. The summed E-state index contributed by atoms with van der Waals surface area (Å²) < 4.78 is 5.92. The van der Waals surface area contributed by atoms with E-state index in [0.29, 0.717) is 17.3 Å². The molecule has 1 N–H and O–H groups in total. The number of hydrogen-bond acceptors (Lipinski definition) is 3. The van der Waals surface area contributed by atoms with E-state index in [1.807, 2.05) is 0 Å². The molecule has 9 atom stereocenters.